The van der Waals surface area contributed by atoms with Gasteiger partial charge in [-0.15, -0.1) is 0 Å². The van der Waals surface area contributed by atoms with Crippen molar-refractivity contribution in [3.63, 3.8) is 0 Å². The molecule has 4 nitrogen and oxygen atoms in total. The van der Waals surface area contributed by atoms with Crippen molar-refractivity contribution in [1.82, 2.24) is 4.98 Å². The molecule has 1 amide bonds. The Hall–Kier alpha value is -0.940. The van der Waals surface area contributed by atoms with E-state index in [1.807, 2.05) is 19.1 Å². The van der Waals surface area contributed by atoms with Crippen molar-refractivity contribution in [2.24, 2.45) is 11.7 Å². The summed E-state index contributed by atoms with van der Waals surface area (Å²) in [5.41, 5.74) is 7.35. The minimum atomic E-state index is 0.141. The van der Waals surface area contributed by atoms with E-state index in [1.165, 1.54) is 0 Å². The zero-order valence-electron chi connectivity index (χ0n) is 9.11. The normalized spacial score (nSPS) is 20.6. The third-order valence-electron chi connectivity index (χ3n) is 2.85. The van der Waals surface area contributed by atoms with Gasteiger partial charge in [0.1, 0.15) is 4.60 Å². The van der Waals surface area contributed by atoms with Crippen LogP contribution in [0.4, 0.5) is 5.69 Å². The van der Waals surface area contributed by atoms with Crippen LogP contribution in [0.3, 0.4) is 0 Å². The number of pyridine rings is 1. The second-order valence-corrected chi connectivity index (χ2v) is 4.86. The van der Waals surface area contributed by atoms with E-state index < -0.39 is 0 Å². The fraction of sp³-hybridized carbons (Fsp3) is 0.455. The van der Waals surface area contributed by atoms with Gasteiger partial charge in [0.05, 0.1) is 11.4 Å². The van der Waals surface area contributed by atoms with Crippen LogP contribution in [0.5, 0.6) is 0 Å². The van der Waals surface area contributed by atoms with Crippen LogP contribution in [0.2, 0.25) is 0 Å². The topological polar surface area (TPSA) is 59.2 Å². The Labute approximate surface area is 103 Å². The number of aromatic nitrogens is 1. The number of anilines is 1. The van der Waals surface area contributed by atoms with Crippen LogP contribution >= 0.6 is 15.9 Å². The van der Waals surface area contributed by atoms with E-state index in [9.17, 15) is 4.79 Å². The molecule has 1 aliphatic rings. The molecule has 2 rings (SSSR count). The van der Waals surface area contributed by atoms with E-state index in [2.05, 4.69) is 20.9 Å². The zero-order chi connectivity index (χ0) is 11.7. The van der Waals surface area contributed by atoms with Crippen LogP contribution in [-0.4, -0.2) is 24.0 Å². The summed E-state index contributed by atoms with van der Waals surface area (Å²) >= 11 is 3.31. The molecule has 0 aliphatic carbocycles. The van der Waals surface area contributed by atoms with Gasteiger partial charge in [-0.25, -0.2) is 4.98 Å². The smallest absolute Gasteiger partial charge is 0.227 e. The molecular weight excluding hydrogens is 270 g/mol. The van der Waals surface area contributed by atoms with Crippen LogP contribution in [-0.2, 0) is 4.79 Å². The van der Waals surface area contributed by atoms with Crippen molar-refractivity contribution in [2.75, 3.05) is 18.0 Å². The molecule has 5 heteroatoms. The predicted octanol–water partition coefficient (Wildman–Crippen LogP) is 1.46. The van der Waals surface area contributed by atoms with Gasteiger partial charge < -0.3 is 10.6 Å². The Morgan fingerprint density at radius 3 is 2.94 bits per heavy atom. The van der Waals surface area contributed by atoms with Crippen molar-refractivity contribution in [2.45, 2.75) is 13.3 Å². The Kier molecular flexibility index (Phi) is 3.25. The lowest BCUT2D eigenvalue weighted by atomic mass is 10.1. The summed E-state index contributed by atoms with van der Waals surface area (Å²) < 4.78 is 0.788. The minimum Gasteiger partial charge on any atom is -0.330 e. The van der Waals surface area contributed by atoms with Crippen LogP contribution in [0.1, 0.15) is 12.1 Å². The highest BCUT2D eigenvalue weighted by Crippen LogP contribution is 2.27. The monoisotopic (exact) mass is 283 g/mol. The highest BCUT2D eigenvalue weighted by molar-refractivity contribution is 9.10. The van der Waals surface area contributed by atoms with Gasteiger partial charge >= 0.3 is 0 Å². The molecule has 1 aromatic rings. The summed E-state index contributed by atoms with van der Waals surface area (Å²) in [5.74, 6) is 0.415. The maximum absolute atomic E-state index is 11.8. The van der Waals surface area contributed by atoms with E-state index in [-0.39, 0.29) is 11.8 Å². The number of halogens is 1. The van der Waals surface area contributed by atoms with Gasteiger partial charge in [-0.1, -0.05) is 0 Å². The first-order valence-electron chi connectivity index (χ1n) is 5.25. The number of carbonyl (C=O) groups excluding carboxylic acids is 1. The Morgan fingerprint density at radius 2 is 2.38 bits per heavy atom. The predicted molar refractivity (Wildman–Crippen MR) is 66.2 cm³/mol. The molecule has 0 radical (unpaired) electrons. The van der Waals surface area contributed by atoms with Gasteiger partial charge in [-0.2, -0.15) is 0 Å². The van der Waals surface area contributed by atoms with Gasteiger partial charge in [-0.3, -0.25) is 4.79 Å². The highest BCUT2D eigenvalue weighted by atomic mass is 79.9. The maximum Gasteiger partial charge on any atom is 0.227 e. The number of hydrogen-bond donors (Lipinski definition) is 1. The third-order valence-corrected chi connectivity index (χ3v) is 3.29. The molecule has 2 heterocycles. The van der Waals surface area contributed by atoms with E-state index in [0.29, 0.717) is 19.5 Å². The van der Waals surface area contributed by atoms with E-state index in [1.54, 1.807) is 4.90 Å². The second kappa shape index (κ2) is 4.51. The lowest BCUT2D eigenvalue weighted by Gasteiger charge is -2.18. The molecular formula is C11H14BrN3O. The number of rotatable bonds is 2. The number of nitrogens with two attached hydrogens (primary N) is 1. The summed E-state index contributed by atoms with van der Waals surface area (Å²) in [4.78, 5) is 17.9. The molecule has 0 bridgehead atoms. The van der Waals surface area contributed by atoms with E-state index in [4.69, 9.17) is 5.73 Å². The van der Waals surface area contributed by atoms with Crippen molar-refractivity contribution in [1.29, 1.82) is 0 Å². The van der Waals surface area contributed by atoms with Crippen LogP contribution in [0, 0.1) is 12.8 Å². The number of amides is 1. The summed E-state index contributed by atoms with van der Waals surface area (Å²) in [7, 11) is 0. The average Bonchev–Trinajstić information content (AvgIpc) is 2.60. The van der Waals surface area contributed by atoms with Crippen LogP contribution in [0.15, 0.2) is 16.7 Å². The fourth-order valence-corrected chi connectivity index (χ4v) is 2.38. The molecule has 0 saturated carbocycles. The zero-order valence-corrected chi connectivity index (χ0v) is 10.7. The Bertz CT molecular complexity index is 422. The Morgan fingerprint density at radius 1 is 1.62 bits per heavy atom. The van der Waals surface area contributed by atoms with Crippen LogP contribution < -0.4 is 10.6 Å². The summed E-state index contributed by atoms with van der Waals surface area (Å²) in [6.45, 7) is 3.17. The first-order valence-corrected chi connectivity index (χ1v) is 6.04. The number of nitrogens with zero attached hydrogens (tertiary/aromatic N) is 2. The molecule has 1 unspecified atom stereocenters. The lowest BCUT2D eigenvalue weighted by molar-refractivity contribution is -0.117. The third kappa shape index (κ3) is 2.10. The van der Waals surface area contributed by atoms with Gasteiger partial charge in [0.25, 0.3) is 0 Å². The largest absolute Gasteiger partial charge is 0.330 e. The SMILES string of the molecule is Cc1nc(Br)ccc1N1CC(CN)CC1=O. The van der Waals surface area contributed by atoms with E-state index in [0.717, 1.165) is 16.0 Å². The molecule has 0 aromatic carbocycles. The summed E-state index contributed by atoms with van der Waals surface area (Å²) in [6, 6.07) is 3.77. The maximum atomic E-state index is 11.8. The van der Waals surface area contributed by atoms with Crippen molar-refractivity contribution >= 4 is 27.5 Å². The van der Waals surface area contributed by atoms with Gasteiger partial charge in [0.15, 0.2) is 0 Å². The molecule has 86 valence electrons. The number of aryl methyl sites for hydroxylation is 1. The number of carbonyl (C=O) groups is 1. The van der Waals surface area contributed by atoms with Crippen molar-refractivity contribution in [3.05, 3.63) is 22.4 Å². The first-order chi connectivity index (χ1) is 7.61. The quantitative estimate of drug-likeness (QED) is 0.836. The molecule has 1 aliphatic heterocycles. The molecule has 1 fully saturated rings. The van der Waals surface area contributed by atoms with E-state index >= 15 is 0 Å². The standard InChI is InChI=1S/C11H14BrN3O/c1-7-9(2-3-10(12)14-7)15-6-8(5-13)4-11(15)16/h2-3,8H,4-6,13H2,1H3. The van der Waals surface area contributed by atoms with Crippen molar-refractivity contribution < 1.29 is 4.79 Å². The first kappa shape index (κ1) is 11.5. The summed E-state index contributed by atoms with van der Waals surface area (Å²) in [6.07, 6.45) is 0.548. The molecule has 16 heavy (non-hydrogen) atoms. The molecule has 1 saturated heterocycles. The van der Waals surface area contributed by atoms with Crippen molar-refractivity contribution in [3.8, 4) is 0 Å². The highest BCUT2D eigenvalue weighted by Gasteiger charge is 2.30. The molecule has 0 spiro atoms. The van der Waals surface area contributed by atoms with Gasteiger partial charge in [0.2, 0.25) is 5.91 Å². The number of hydrogen-bond acceptors (Lipinski definition) is 3. The minimum absolute atomic E-state index is 0.141. The molecule has 2 N–H and O–H groups in total. The lowest BCUT2D eigenvalue weighted by Crippen LogP contribution is -2.26. The second-order valence-electron chi connectivity index (χ2n) is 4.05. The Balaban J connectivity index is 2.28. The molecule has 1 aromatic heterocycles. The molecule has 1 atom stereocenters. The summed E-state index contributed by atoms with van der Waals surface area (Å²) in [5, 5.41) is 0. The fourth-order valence-electron chi connectivity index (χ4n) is 1.98. The van der Waals surface area contributed by atoms with Gasteiger partial charge in [0, 0.05) is 13.0 Å². The average molecular weight is 284 g/mol. The van der Waals surface area contributed by atoms with Gasteiger partial charge in [-0.05, 0) is 47.4 Å². The van der Waals surface area contributed by atoms with Crippen LogP contribution in [0.25, 0.3) is 0 Å².